The minimum absolute atomic E-state index is 0.139. The normalized spacial score (nSPS) is 29.3. The maximum absolute atomic E-state index is 13.0. The van der Waals surface area contributed by atoms with E-state index in [2.05, 4.69) is 6.92 Å². The van der Waals surface area contributed by atoms with E-state index in [0.717, 1.165) is 19.3 Å². The molecule has 1 aliphatic rings. The largest absolute Gasteiger partial charge is 0.242 e. The summed E-state index contributed by atoms with van der Waals surface area (Å²) < 4.78 is 13.0. The molecular formula is C10H15F. The summed E-state index contributed by atoms with van der Waals surface area (Å²) in [5, 5.41) is 0. The summed E-state index contributed by atoms with van der Waals surface area (Å²) in [7, 11) is 0. The van der Waals surface area contributed by atoms with Crippen LogP contribution in [-0.4, -0.2) is 6.17 Å². The topological polar surface area (TPSA) is 0 Å². The first-order valence-corrected chi connectivity index (χ1v) is 4.33. The summed E-state index contributed by atoms with van der Waals surface area (Å²) in [5.41, 5.74) is 0. The molecule has 2 atom stereocenters. The Bertz CT molecular complexity index is 158. The average Bonchev–Trinajstić information content (AvgIpc) is 2.03. The van der Waals surface area contributed by atoms with Crippen LogP contribution in [0.4, 0.5) is 4.39 Å². The Morgan fingerprint density at radius 3 is 2.64 bits per heavy atom. The maximum Gasteiger partial charge on any atom is 0.125 e. The second-order valence-electron chi connectivity index (χ2n) is 3.02. The number of hydrogen-bond donors (Lipinski definition) is 0. The van der Waals surface area contributed by atoms with E-state index in [9.17, 15) is 4.39 Å². The monoisotopic (exact) mass is 154 g/mol. The quantitative estimate of drug-likeness (QED) is 0.585. The Hall–Kier alpha value is -0.590. The van der Waals surface area contributed by atoms with Crippen molar-refractivity contribution < 1.29 is 4.39 Å². The predicted octanol–water partition coefficient (Wildman–Crippen LogP) is 3.26. The molecule has 0 nitrogen and oxygen atoms in total. The Kier molecular flexibility index (Phi) is 3.34. The van der Waals surface area contributed by atoms with E-state index in [-0.39, 0.29) is 5.92 Å². The lowest BCUT2D eigenvalue weighted by Crippen LogP contribution is -2.12. The van der Waals surface area contributed by atoms with Crippen LogP contribution in [0.15, 0.2) is 24.3 Å². The Morgan fingerprint density at radius 2 is 2.00 bits per heavy atom. The predicted molar refractivity (Wildman–Crippen MR) is 46.2 cm³/mol. The van der Waals surface area contributed by atoms with Crippen LogP contribution in [-0.2, 0) is 0 Å². The molecule has 0 N–H and O–H groups in total. The van der Waals surface area contributed by atoms with E-state index in [1.165, 1.54) is 0 Å². The third kappa shape index (κ3) is 2.49. The first-order chi connectivity index (χ1) is 5.34. The lowest BCUT2D eigenvalue weighted by molar-refractivity contribution is 0.302. The molecule has 0 saturated heterocycles. The van der Waals surface area contributed by atoms with Crippen molar-refractivity contribution in [2.24, 2.45) is 5.92 Å². The molecule has 0 saturated carbocycles. The minimum atomic E-state index is -0.744. The van der Waals surface area contributed by atoms with Crippen molar-refractivity contribution in [3.63, 3.8) is 0 Å². The lowest BCUT2D eigenvalue weighted by atomic mass is 9.93. The molecule has 0 amide bonds. The second-order valence-corrected chi connectivity index (χ2v) is 3.02. The number of alkyl halides is 1. The van der Waals surface area contributed by atoms with Gasteiger partial charge < -0.3 is 0 Å². The first kappa shape index (κ1) is 8.51. The van der Waals surface area contributed by atoms with Crippen molar-refractivity contribution in [1.82, 2.24) is 0 Å². The van der Waals surface area contributed by atoms with Gasteiger partial charge in [0.15, 0.2) is 0 Å². The number of unbranched alkanes of at least 4 members (excludes halogenated alkanes) is 1. The molecule has 1 heteroatoms. The fraction of sp³-hybridized carbons (Fsp3) is 0.600. The smallest absolute Gasteiger partial charge is 0.125 e. The van der Waals surface area contributed by atoms with Crippen molar-refractivity contribution >= 4 is 0 Å². The van der Waals surface area contributed by atoms with Crippen LogP contribution in [0.5, 0.6) is 0 Å². The number of halogens is 1. The van der Waals surface area contributed by atoms with Crippen molar-refractivity contribution in [2.45, 2.75) is 32.4 Å². The van der Waals surface area contributed by atoms with Gasteiger partial charge in [0, 0.05) is 5.92 Å². The molecule has 0 aromatic carbocycles. The van der Waals surface area contributed by atoms with E-state index < -0.39 is 6.17 Å². The van der Waals surface area contributed by atoms with Gasteiger partial charge >= 0.3 is 0 Å². The Morgan fingerprint density at radius 1 is 1.27 bits per heavy atom. The highest BCUT2D eigenvalue weighted by Gasteiger charge is 2.15. The molecule has 0 aromatic heterocycles. The third-order valence-corrected chi connectivity index (χ3v) is 2.06. The summed E-state index contributed by atoms with van der Waals surface area (Å²) in [5.74, 6) is 0.139. The molecule has 2 unspecified atom stereocenters. The summed E-state index contributed by atoms with van der Waals surface area (Å²) >= 11 is 0. The lowest BCUT2D eigenvalue weighted by Gasteiger charge is -2.16. The molecule has 0 aliphatic heterocycles. The highest BCUT2D eigenvalue weighted by molar-refractivity contribution is 5.14. The third-order valence-electron chi connectivity index (χ3n) is 2.06. The van der Waals surface area contributed by atoms with Gasteiger partial charge in [0.25, 0.3) is 0 Å². The SMILES string of the molecule is CCCCC1C=CC=CC1F. The molecule has 0 aromatic rings. The van der Waals surface area contributed by atoms with Gasteiger partial charge in [-0.15, -0.1) is 0 Å². The van der Waals surface area contributed by atoms with E-state index in [1.807, 2.05) is 12.2 Å². The molecule has 0 bridgehead atoms. The van der Waals surface area contributed by atoms with Crippen LogP contribution in [0.2, 0.25) is 0 Å². The van der Waals surface area contributed by atoms with Crippen LogP contribution in [0.25, 0.3) is 0 Å². The molecule has 0 fully saturated rings. The molecule has 0 heterocycles. The van der Waals surface area contributed by atoms with Crippen LogP contribution in [0, 0.1) is 5.92 Å². The van der Waals surface area contributed by atoms with E-state index >= 15 is 0 Å². The highest BCUT2D eigenvalue weighted by Crippen LogP contribution is 2.21. The number of rotatable bonds is 3. The summed E-state index contributed by atoms with van der Waals surface area (Å²) in [6.07, 6.45) is 9.86. The molecule has 1 rings (SSSR count). The summed E-state index contributed by atoms with van der Waals surface area (Å²) in [6, 6.07) is 0. The Balaban J connectivity index is 2.33. The fourth-order valence-corrected chi connectivity index (χ4v) is 1.32. The molecular weight excluding hydrogens is 139 g/mol. The molecule has 0 radical (unpaired) electrons. The highest BCUT2D eigenvalue weighted by atomic mass is 19.1. The fourth-order valence-electron chi connectivity index (χ4n) is 1.32. The van der Waals surface area contributed by atoms with E-state index in [4.69, 9.17) is 0 Å². The molecule has 62 valence electrons. The van der Waals surface area contributed by atoms with Gasteiger partial charge in [0.2, 0.25) is 0 Å². The van der Waals surface area contributed by atoms with Crippen molar-refractivity contribution in [3.8, 4) is 0 Å². The summed E-state index contributed by atoms with van der Waals surface area (Å²) in [4.78, 5) is 0. The van der Waals surface area contributed by atoms with Crippen LogP contribution < -0.4 is 0 Å². The zero-order chi connectivity index (χ0) is 8.10. The van der Waals surface area contributed by atoms with E-state index in [0.29, 0.717) is 0 Å². The van der Waals surface area contributed by atoms with Gasteiger partial charge in [0.05, 0.1) is 0 Å². The van der Waals surface area contributed by atoms with E-state index in [1.54, 1.807) is 12.2 Å². The van der Waals surface area contributed by atoms with Crippen molar-refractivity contribution in [2.75, 3.05) is 0 Å². The van der Waals surface area contributed by atoms with Crippen LogP contribution >= 0.6 is 0 Å². The van der Waals surface area contributed by atoms with Gasteiger partial charge in [-0.3, -0.25) is 0 Å². The molecule has 11 heavy (non-hydrogen) atoms. The van der Waals surface area contributed by atoms with Gasteiger partial charge in [-0.05, 0) is 6.42 Å². The van der Waals surface area contributed by atoms with Gasteiger partial charge in [-0.1, -0.05) is 44.1 Å². The minimum Gasteiger partial charge on any atom is -0.242 e. The first-order valence-electron chi connectivity index (χ1n) is 4.33. The molecule has 0 spiro atoms. The number of allylic oxidation sites excluding steroid dienone is 4. The van der Waals surface area contributed by atoms with Gasteiger partial charge in [-0.25, -0.2) is 4.39 Å². The average molecular weight is 154 g/mol. The van der Waals surface area contributed by atoms with Gasteiger partial charge in [0.1, 0.15) is 6.17 Å². The number of hydrogen-bond acceptors (Lipinski definition) is 0. The summed E-state index contributed by atoms with van der Waals surface area (Å²) in [6.45, 7) is 2.13. The van der Waals surface area contributed by atoms with Crippen molar-refractivity contribution in [3.05, 3.63) is 24.3 Å². The zero-order valence-electron chi connectivity index (χ0n) is 6.96. The second kappa shape index (κ2) is 4.32. The Labute approximate surface area is 67.8 Å². The van der Waals surface area contributed by atoms with Crippen LogP contribution in [0.1, 0.15) is 26.2 Å². The maximum atomic E-state index is 13.0. The van der Waals surface area contributed by atoms with Gasteiger partial charge in [-0.2, -0.15) is 0 Å². The van der Waals surface area contributed by atoms with Crippen molar-refractivity contribution in [1.29, 1.82) is 0 Å². The standard InChI is InChI=1S/C10H15F/c1-2-3-6-9-7-4-5-8-10(9)11/h4-5,7-10H,2-3,6H2,1H3. The van der Waals surface area contributed by atoms with Crippen LogP contribution in [0.3, 0.4) is 0 Å². The zero-order valence-corrected chi connectivity index (χ0v) is 6.96. The molecule has 1 aliphatic carbocycles.